The van der Waals surface area contributed by atoms with E-state index in [9.17, 15) is 4.79 Å². The summed E-state index contributed by atoms with van der Waals surface area (Å²) < 4.78 is 2.84. The molecule has 2 aromatic heterocycles. The van der Waals surface area contributed by atoms with E-state index < -0.39 is 0 Å². The zero-order chi connectivity index (χ0) is 18.1. The number of aromatic nitrogens is 3. The first-order chi connectivity index (χ1) is 12.6. The van der Waals surface area contributed by atoms with Crippen LogP contribution in [0.5, 0.6) is 0 Å². The largest absolute Gasteiger partial charge is 0.332 e. The van der Waals surface area contributed by atoms with Crippen LogP contribution in [0.15, 0.2) is 67.0 Å². The summed E-state index contributed by atoms with van der Waals surface area (Å²) in [6.45, 7) is 2.00. The minimum atomic E-state index is -0.111. The molecule has 0 saturated heterocycles. The lowest BCUT2D eigenvalue weighted by molar-refractivity contribution is 0.0742. The van der Waals surface area contributed by atoms with Crippen molar-refractivity contribution in [3.63, 3.8) is 0 Å². The number of amides is 1. The summed E-state index contributed by atoms with van der Waals surface area (Å²) in [5.74, 6) is -0.0704. The Morgan fingerprint density at radius 2 is 1.85 bits per heavy atom. The molecule has 0 bridgehead atoms. The van der Waals surface area contributed by atoms with Crippen LogP contribution in [-0.4, -0.2) is 32.6 Å². The molecule has 1 atom stereocenters. The van der Waals surface area contributed by atoms with Crippen LogP contribution in [0.4, 0.5) is 0 Å². The van der Waals surface area contributed by atoms with Crippen LogP contribution in [0.1, 0.15) is 28.3 Å². The van der Waals surface area contributed by atoms with Gasteiger partial charge in [0.15, 0.2) is 0 Å². The third kappa shape index (κ3) is 2.99. The molecule has 0 radical (unpaired) electrons. The van der Waals surface area contributed by atoms with Crippen LogP contribution in [0.3, 0.4) is 0 Å². The van der Waals surface area contributed by atoms with Gasteiger partial charge in [0.05, 0.1) is 33.7 Å². The number of fused-ring (bicyclic) bond motifs is 1. The highest BCUT2D eigenvalue weighted by Gasteiger charge is 2.23. The van der Waals surface area contributed by atoms with Crippen molar-refractivity contribution >= 4 is 27.5 Å². The molecular weight excluding hydrogens is 344 g/mol. The lowest BCUT2D eigenvalue weighted by Gasteiger charge is -2.22. The molecular formula is C20H18N4OS. The fraction of sp³-hybridized carbons (Fsp3) is 0.150. The Morgan fingerprint density at radius 1 is 1.12 bits per heavy atom. The second-order valence-corrected chi connectivity index (χ2v) is 7.18. The molecule has 6 heteroatoms. The second-order valence-electron chi connectivity index (χ2n) is 6.12. The summed E-state index contributed by atoms with van der Waals surface area (Å²) >= 11 is 1.62. The zero-order valence-corrected chi connectivity index (χ0v) is 15.4. The van der Waals surface area contributed by atoms with E-state index in [1.165, 1.54) is 0 Å². The highest BCUT2D eigenvalue weighted by atomic mass is 32.1. The predicted octanol–water partition coefficient (Wildman–Crippen LogP) is 4.32. The van der Waals surface area contributed by atoms with Crippen LogP contribution in [-0.2, 0) is 0 Å². The Balaban J connectivity index is 1.56. The fourth-order valence-corrected chi connectivity index (χ4v) is 3.83. The minimum absolute atomic E-state index is 0.0704. The van der Waals surface area contributed by atoms with Crippen molar-refractivity contribution < 1.29 is 4.79 Å². The minimum Gasteiger partial charge on any atom is -0.332 e. The highest BCUT2D eigenvalue weighted by Crippen LogP contribution is 2.29. The first-order valence-electron chi connectivity index (χ1n) is 8.36. The number of thiazole rings is 1. The van der Waals surface area contributed by atoms with Gasteiger partial charge in [0.2, 0.25) is 0 Å². The van der Waals surface area contributed by atoms with Gasteiger partial charge in [-0.05, 0) is 31.2 Å². The molecule has 4 rings (SSSR count). The average molecular weight is 362 g/mol. The van der Waals surface area contributed by atoms with Gasteiger partial charge < -0.3 is 4.90 Å². The first-order valence-corrected chi connectivity index (χ1v) is 9.18. The van der Waals surface area contributed by atoms with E-state index in [0.717, 1.165) is 20.9 Å². The van der Waals surface area contributed by atoms with E-state index in [0.29, 0.717) is 5.56 Å². The zero-order valence-electron chi connectivity index (χ0n) is 14.5. The summed E-state index contributed by atoms with van der Waals surface area (Å²) in [6.07, 6.45) is 3.37. The molecule has 0 unspecified atom stereocenters. The molecule has 26 heavy (non-hydrogen) atoms. The van der Waals surface area contributed by atoms with Gasteiger partial charge in [-0.3, -0.25) is 4.79 Å². The quantitative estimate of drug-likeness (QED) is 0.543. The maximum atomic E-state index is 12.9. The second kappa shape index (κ2) is 6.72. The van der Waals surface area contributed by atoms with Gasteiger partial charge in [-0.1, -0.05) is 30.3 Å². The van der Waals surface area contributed by atoms with E-state index in [1.54, 1.807) is 40.4 Å². The Kier molecular flexibility index (Phi) is 4.26. The highest BCUT2D eigenvalue weighted by molar-refractivity contribution is 7.18. The SMILES string of the molecule is C[C@@H](c1nc2ccccc2s1)N(C)C(=O)c1cnn(-c2ccccc2)c1. The Morgan fingerprint density at radius 3 is 2.62 bits per heavy atom. The fourth-order valence-electron chi connectivity index (χ4n) is 2.77. The number of hydrogen-bond acceptors (Lipinski definition) is 4. The maximum absolute atomic E-state index is 12.9. The van der Waals surface area contributed by atoms with E-state index in [1.807, 2.05) is 55.5 Å². The van der Waals surface area contributed by atoms with Gasteiger partial charge >= 0.3 is 0 Å². The van der Waals surface area contributed by atoms with Crippen LogP contribution >= 0.6 is 11.3 Å². The normalized spacial score (nSPS) is 12.2. The van der Waals surface area contributed by atoms with E-state index in [-0.39, 0.29) is 11.9 Å². The molecule has 0 aliphatic heterocycles. The molecule has 0 spiro atoms. The molecule has 0 aliphatic carbocycles. The molecule has 0 saturated carbocycles. The Hall–Kier alpha value is -2.99. The van der Waals surface area contributed by atoms with Crippen molar-refractivity contribution in [3.05, 3.63) is 77.6 Å². The number of benzene rings is 2. The van der Waals surface area contributed by atoms with Crippen LogP contribution in [0.2, 0.25) is 0 Å². The summed E-state index contributed by atoms with van der Waals surface area (Å²) in [5.41, 5.74) is 2.45. The van der Waals surface area contributed by atoms with Crippen molar-refractivity contribution in [3.8, 4) is 5.69 Å². The summed E-state index contributed by atoms with van der Waals surface area (Å²) in [6, 6.07) is 17.7. The summed E-state index contributed by atoms with van der Waals surface area (Å²) in [7, 11) is 1.80. The number of nitrogens with zero attached hydrogens (tertiary/aromatic N) is 4. The molecule has 0 fully saturated rings. The molecule has 2 aromatic carbocycles. The average Bonchev–Trinajstić information content (AvgIpc) is 3.34. The Labute approximate surface area is 155 Å². The van der Waals surface area contributed by atoms with E-state index >= 15 is 0 Å². The van der Waals surface area contributed by atoms with Gasteiger partial charge in [0.25, 0.3) is 5.91 Å². The van der Waals surface area contributed by atoms with Gasteiger partial charge in [-0.25, -0.2) is 9.67 Å². The van der Waals surface area contributed by atoms with Crippen molar-refractivity contribution in [1.82, 2.24) is 19.7 Å². The monoisotopic (exact) mass is 362 g/mol. The number of carbonyl (C=O) groups excluding carboxylic acids is 1. The van der Waals surface area contributed by atoms with Gasteiger partial charge in [-0.2, -0.15) is 5.10 Å². The van der Waals surface area contributed by atoms with Crippen molar-refractivity contribution in [2.45, 2.75) is 13.0 Å². The summed E-state index contributed by atoms with van der Waals surface area (Å²) in [5, 5.41) is 5.24. The molecule has 5 nitrogen and oxygen atoms in total. The third-order valence-corrected chi connectivity index (χ3v) is 5.63. The van der Waals surface area contributed by atoms with Gasteiger partial charge in [0, 0.05) is 13.2 Å². The van der Waals surface area contributed by atoms with Crippen molar-refractivity contribution in [2.75, 3.05) is 7.05 Å². The lowest BCUT2D eigenvalue weighted by Crippen LogP contribution is -2.29. The van der Waals surface area contributed by atoms with Gasteiger partial charge in [-0.15, -0.1) is 11.3 Å². The molecule has 0 aliphatic rings. The van der Waals surface area contributed by atoms with E-state index in [2.05, 4.69) is 16.1 Å². The number of para-hydroxylation sites is 2. The first kappa shape index (κ1) is 16.5. The smallest absolute Gasteiger partial charge is 0.257 e. The standard InChI is InChI=1S/C20H18N4OS/c1-14(19-22-17-10-6-7-11-18(17)26-19)23(2)20(25)15-12-21-24(13-15)16-8-4-3-5-9-16/h3-14H,1-2H3/t14-/m0/s1. The molecule has 130 valence electrons. The van der Waals surface area contributed by atoms with E-state index in [4.69, 9.17) is 0 Å². The maximum Gasteiger partial charge on any atom is 0.257 e. The van der Waals surface area contributed by atoms with Crippen LogP contribution in [0.25, 0.3) is 15.9 Å². The topological polar surface area (TPSA) is 51.0 Å². The number of rotatable bonds is 4. The van der Waals surface area contributed by atoms with Crippen molar-refractivity contribution in [2.24, 2.45) is 0 Å². The van der Waals surface area contributed by atoms with Crippen LogP contribution < -0.4 is 0 Å². The summed E-state index contributed by atoms with van der Waals surface area (Å²) in [4.78, 5) is 19.2. The Bertz CT molecular complexity index is 1020. The number of hydrogen-bond donors (Lipinski definition) is 0. The molecule has 4 aromatic rings. The van der Waals surface area contributed by atoms with Crippen molar-refractivity contribution in [1.29, 1.82) is 0 Å². The lowest BCUT2D eigenvalue weighted by atomic mass is 10.2. The molecule has 2 heterocycles. The predicted molar refractivity (Wildman–Crippen MR) is 104 cm³/mol. The van der Waals surface area contributed by atoms with Crippen LogP contribution in [0, 0.1) is 0 Å². The molecule has 1 amide bonds. The molecule has 0 N–H and O–H groups in total. The number of carbonyl (C=O) groups is 1. The third-order valence-electron chi connectivity index (χ3n) is 4.42. The van der Waals surface area contributed by atoms with Gasteiger partial charge in [0.1, 0.15) is 5.01 Å².